The quantitative estimate of drug-likeness (QED) is 0.236. The Hall–Kier alpha value is -3.93. The molecular weight excluding hydrogens is 468 g/mol. The molecule has 0 saturated carbocycles. The van der Waals surface area contributed by atoms with Crippen molar-refractivity contribution in [1.82, 2.24) is 14.3 Å². The van der Waals surface area contributed by atoms with Gasteiger partial charge in [0.1, 0.15) is 11.5 Å². The van der Waals surface area contributed by atoms with Crippen molar-refractivity contribution in [2.45, 2.75) is 18.3 Å². The number of hydrogen-bond acceptors (Lipinski definition) is 5. The number of fused-ring (bicyclic) bond motifs is 2. The van der Waals surface area contributed by atoms with Crippen LogP contribution < -0.4 is 5.23 Å². The highest BCUT2D eigenvalue weighted by Gasteiger charge is 2.55. The van der Waals surface area contributed by atoms with E-state index >= 15 is 0 Å². The van der Waals surface area contributed by atoms with E-state index in [4.69, 9.17) is 0 Å². The van der Waals surface area contributed by atoms with Crippen molar-refractivity contribution >= 4 is 27.5 Å². The van der Waals surface area contributed by atoms with E-state index in [2.05, 4.69) is 5.10 Å². The molecule has 1 unspecified atom stereocenters. The van der Waals surface area contributed by atoms with Gasteiger partial charge in [0, 0.05) is 17.0 Å². The number of rotatable bonds is 5. The van der Waals surface area contributed by atoms with Crippen molar-refractivity contribution in [3.05, 3.63) is 90.5 Å². The molecule has 1 atom stereocenters. The Labute approximate surface area is 195 Å². The van der Waals surface area contributed by atoms with Crippen molar-refractivity contribution < 1.29 is 33.1 Å². The predicted molar refractivity (Wildman–Crippen MR) is 119 cm³/mol. The van der Waals surface area contributed by atoms with Gasteiger partial charge in [-0.05, 0) is 60.2 Å². The van der Waals surface area contributed by atoms with Crippen LogP contribution in [0.3, 0.4) is 0 Å². The summed E-state index contributed by atoms with van der Waals surface area (Å²) in [5.41, 5.74) is -2.40. The third-order valence-corrected chi connectivity index (χ3v) is 5.99. The molecule has 180 valence electrons. The monoisotopic (exact) mass is 486 g/mol. The molecule has 3 aromatic carbocycles. The lowest BCUT2D eigenvalue weighted by Crippen LogP contribution is -2.45. The number of benzene rings is 3. The second-order valence-electron chi connectivity index (χ2n) is 8.11. The Bertz CT molecular complexity index is 1530. The Morgan fingerprint density at radius 2 is 1.66 bits per heavy atom. The zero-order valence-corrected chi connectivity index (χ0v) is 17.9. The van der Waals surface area contributed by atoms with E-state index in [9.17, 15) is 33.1 Å². The molecule has 0 radical (unpaired) electrons. The Kier molecular flexibility index (Phi) is 5.28. The van der Waals surface area contributed by atoms with Crippen LogP contribution >= 0.6 is 0 Å². The van der Waals surface area contributed by atoms with Gasteiger partial charge in [-0.3, -0.25) is 10.4 Å². The van der Waals surface area contributed by atoms with Crippen molar-refractivity contribution in [2.75, 3.05) is 5.23 Å². The molecule has 0 aliphatic carbocycles. The Balaban J connectivity index is 1.58. The average Bonchev–Trinajstić information content (AvgIpc) is 3.42. The summed E-state index contributed by atoms with van der Waals surface area (Å²) < 4.78 is 58.8. The maximum absolute atomic E-state index is 14.3. The van der Waals surface area contributed by atoms with Crippen molar-refractivity contribution in [3.8, 4) is 5.69 Å². The highest BCUT2D eigenvalue weighted by atomic mass is 19.4. The summed E-state index contributed by atoms with van der Waals surface area (Å²) in [6.07, 6.45) is -2.34. The van der Waals surface area contributed by atoms with Crippen molar-refractivity contribution in [2.24, 2.45) is 0 Å². The number of aliphatic hydroxyl groups is 1. The van der Waals surface area contributed by atoms with Gasteiger partial charge in [0.2, 0.25) is 5.60 Å². The van der Waals surface area contributed by atoms with Crippen LogP contribution in [0.2, 0.25) is 0 Å². The molecule has 0 amide bonds. The first-order valence-corrected chi connectivity index (χ1v) is 10.4. The second kappa shape index (κ2) is 8.08. The van der Waals surface area contributed by atoms with Crippen LogP contribution in [0.15, 0.2) is 79.1 Å². The zero-order chi connectivity index (χ0) is 25.0. The Morgan fingerprint density at radius 3 is 2.34 bits per heavy atom. The summed E-state index contributed by atoms with van der Waals surface area (Å²) in [5.74, 6) is -0.432. The zero-order valence-electron chi connectivity index (χ0n) is 17.9. The number of anilines is 1. The van der Waals surface area contributed by atoms with E-state index in [0.29, 0.717) is 16.6 Å². The fourth-order valence-electron chi connectivity index (χ4n) is 4.19. The molecule has 3 N–H and O–H groups in total. The highest BCUT2D eigenvalue weighted by Crippen LogP contribution is 2.42. The molecule has 0 aliphatic heterocycles. The number of aromatic nitrogens is 3. The third-order valence-electron chi connectivity index (χ3n) is 5.99. The molecule has 5 rings (SSSR count). The minimum absolute atomic E-state index is 0.0218. The SMILES string of the molecule is ON(O)c1cccc2c1ccn2CC(O)(c1ccc2c(cnn2-c2ccc(F)cc2)c1)C(F)(F)F. The summed E-state index contributed by atoms with van der Waals surface area (Å²) in [6, 6.07) is 15.1. The predicted octanol–water partition coefficient (Wildman–Crippen LogP) is 5.15. The summed E-state index contributed by atoms with van der Waals surface area (Å²) in [7, 11) is 0. The Morgan fingerprint density at radius 1 is 0.914 bits per heavy atom. The topological polar surface area (TPSA) is 86.7 Å². The first kappa shape index (κ1) is 22.8. The molecule has 2 heterocycles. The van der Waals surface area contributed by atoms with E-state index in [1.807, 2.05) is 0 Å². The molecule has 2 aromatic heterocycles. The molecule has 11 heteroatoms. The van der Waals surface area contributed by atoms with Crippen LogP contribution in [0.5, 0.6) is 0 Å². The van der Waals surface area contributed by atoms with Crippen LogP contribution in [0.4, 0.5) is 23.2 Å². The molecule has 0 aliphatic rings. The maximum atomic E-state index is 14.3. The number of nitrogens with zero attached hydrogens (tertiary/aromatic N) is 4. The van der Waals surface area contributed by atoms with Gasteiger partial charge in [-0.1, -0.05) is 12.1 Å². The summed E-state index contributed by atoms with van der Waals surface area (Å²) in [5, 5.41) is 34.5. The first-order chi connectivity index (χ1) is 16.6. The molecule has 0 fully saturated rings. The largest absolute Gasteiger partial charge is 0.423 e. The lowest BCUT2D eigenvalue weighted by atomic mass is 9.91. The van der Waals surface area contributed by atoms with E-state index in [1.54, 1.807) is 0 Å². The lowest BCUT2D eigenvalue weighted by molar-refractivity contribution is -0.271. The second-order valence-corrected chi connectivity index (χ2v) is 8.11. The average molecular weight is 486 g/mol. The van der Waals surface area contributed by atoms with Gasteiger partial charge in [-0.2, -0.15) is 18.3 Å². The van der Waals surface area contributed by atoms with Crippen molar-refractivity contribution in [1.29, 1.82) is 0 Å². The van der Waals surface area contributed by atoms with Gasteiger partial charge in [0.15, 0.2) is 0 Å². The van der Waals surface area contributed by atoms with E-state index < -0.39 is 24.1 Å². The molecular formula is C24H18F4N4O3. The fourth-order valence-corrected chi connectivity index (χ4v) is 4.19. The van der Waals surface area contributed by atoms with Gasteiger partial charge >= 0.3 is 6.18 Å². The third kappa shape index (κ3) is 3.79. The minimum Gasteiger partial charge on any atom is -0.375 e. The number of halogens is 4. The van der Waals surface area contributed by atoms with Crippen LogP contribution in [-0.2, 0) is 12.1 Å². The normalized spacial score (nSPS) is 13.9. The molecule has 0 spiro atoms. The number of hydrogen-bond donors (Lipinski definition) is 3. The van der Waals surface area contributed by atoms with Crippen molar-refractivity contribution in [3.63, 3.8) is 0 Å². The first-order valence-electron chi connectivity index (χ1n) is 10.4. The summed E-state index contributed by atoms with van der Waals surface area (Å²) in [4.78, 5) is 0. The van der Waals surface area contributed by atoms with Crippen LogP contribution in [-0.4, -0.2) is 36.0 Å². The molecule has 0 saturated heterocycles. The molecule has 5 aromatic rings. The fraction of sp³-hybridized carbons (Fsp3) is 0.125. The number of alkyl halides is 3. The van der Waals surface area contributed by atoms with Gasteiger partial charge in [0.25, 0.3) is 0 Å². The van der Waals surface area contributed by atoms with Gasteiger partial charge in [-0.15, -0.1) is 5.23 Å². The van der Waals surface area contributed by atoms with E-state index in [1.165, 1.54) is 88.4 Å². The standard InChI is InChI=1S/C24H18F4N4O3/c25-17-5-7-18(8-6-17)31-20-9-4-16(12-15(20)13-29-31)23(33,24(26,27)28)14-30-11-10-19-21(30)2-1-3-22(19)32(34)35/h1-13,33-35H,14H2. The maximum Gasteiger partial charge on any atom is 0.423 e. The van der Waals surface area contributed by atoms with Crippen LogP contribution in [0.25, 0.3) is 27.5 Å². The lowest BCUT2D eigenvalue weighted by Gasteiger charge is -2.32. The van der Waals surface area contributed by atoms with Crippen LogP contribution in [0.1, 0.15) is 5.56 Å². The minimum atomic E-state index is -5.04. The van der Waals surface area contributed by atoms with Gasteiger partial charge < -0.3 is 9.67 Å². The smallest absolute Gasteiger partial charge is 0.375 e. The molecule has 0 bridgehead atoms. The van der Waals surface area contributed by atoms with Gasteiger partial charge in [0.05, 0.1) is 29.5 Å². The summed E-state index contributed by atoms with van der Waals surface area (Å²) >= 11 is 0. The molecule has 35 heavy (non-hydrogen) atoms. The van der Waals surface area contributed by atoms with Crippen LogP contribution in [0, 0.1) is 5.82 Å². The van der Waals surface area contributed by atoms with E-state index in [0.717, 1.165) is 0 Å². The molecule has 7 nitrogen and oxygen atoms in total. The van der Waals surface area contributed by atoms with Gasteiger partial charge in [-0.25, -0.2) is 9.07 Å². The highest BCUT2D eigenvalue weighted by molar-refractivity contribution is 5.92. The summed E-state index contributed by atoms with van der Waals surface area (Å²) in [6.45, 7) is -0.877. The van der Waals surface area contributed by atoms with E-state index in [-0.39, 0.29) is 27.4 Å².